The van der Waals surface area contributed by atoms with E-state index < -0.39 is 6.04 Å². The predicted octanol–water partition coefficient (Wildman–Crippen LogP) is 4.84. The predicted molar refractivity (Wildman–Crippen MR) is 99.0 cm³/mol. The lowest BCUT2D eigenvalue weighted by Gasteiger charge is -2.18. The third-order valence-electron chi connectivity index (χ3n) is 3.48. The summed E-state index contributed by atoms with van der Waals surface area (Å²) in [5.41, 5.74) is 1.95. The second-order valence-corrected chi connectivity index (χ2v) is 6.95. The molecule has 0 radical (unpaired) electrons. The number of hydrogen-bond donors (Lipinski definition) is 1. The van der Waals surface area contributed by atoms with Gasteiger partial charge in [-0.3, -0.25) is 9.78 Å². The van der Waals surface area contributed by atoms with Gasteiger partial charge in [-0.05, 0) is 35.9 Å². The standard InChI is InChI=1S/C18H11Cl2N3OS/c19-13-3-1-12(2-4-13)17(15-6-5-14(20)9-22-15)23-18(24)16-7-11(8-21)10-25-16/h1-7,9-10,17H,(H,23,24)/t17-/m0/s1. The highest BCUT2D eigenvalue weighted by Gasteiger charge is 2.20. The zero-order valence-electron chi connectivity index (χ0n) is 12.7. The molecule has 0 fully saturated rings. The average molecular weight is 388 g/mol. The number of rotatable bonds is 4. The van der Waals surface area contributed by atoms with Crippen LogP contribution < -0.4 is 5.32 Å². The first kappa shape index (κ1) is 17.4. The first-order valence-corrected chi connectivity index (χ1v) is 8.87. The van der Waals surface area contributed by atoms with E-state index in [1.807, 2.05) is 18.2 Å². The monoisotopic (exact) mass is 387 g/mol. The molecule has 124 valence electrons. The minimum Gasteiger partial charge on any atom is -0.339 e. The van der Waals surface area contributed by atoms with Gasteiger partial charge in [0.1, 0.15) is 6.07 Å². The largest absolute Gasteiger partial charge is 0.339 e. The molecule has 2 aromatic heterocycles. The Morgan fingerprint density at radius 2 is 1.88 bits per heavy atom. The summed E-state index contributed by atoms with van der Waals surface area (Å²) in [5.74, 6) is -0.275. The van der Waals surface area contributed by atoms with Gasteiger partial charge in [-0.25, -0.2) is 0 Å². The molecule has 3 aromatic rings. The van der Waals surface area contributed by atoms with Crippen molar-refractivity contribution in [2.45, 2.75) is 6.04 Å². The van der Waals surface area contributed by atoms with Crippen LogP contribution in [0.5, 0.6) is 0 Å². The molecule has 25 heavy (non-hydrogen) atoms. The lowest BCUT2D eigenvalue weighted by molar-refractivity contribution is 0.0946. The Labute approximate surface area is 158 Å². The van der Waals surface area contributed by atoms with Crippen LogP contribution in [-0.2, 0) is 0 Å². The Bertz CT molecular complexity index is 885. The van der Waals surface area contributed by atoms with E-state index in [0.717, 1.165) is 5.56 Å². The topological polar surface area (TPSA) is 65.8 Å². The maximum absolute atomic E-state index is 12.6. The zero-order chi connectivity index (χ0) is 17.8. The van der Waals surface area contributed by atoms with Crippen molar-refractivity contribution in [2.24, 2.45) is 0 Å². The molecule has 0 aliphatic heterocycles. The number of aromatic nitrogens is 1. The van der Waals surface area contributed by atoms with Crippen LogP contribution in [0.25, 0.3) is 0 Å². The Hall–Kier alpha value is -2.39. The number of nitrogens with zero attached hydrogens (tertiary/aromatic N) is 2. The second-order valence-electron chi connectivity index (χ2n) is 5.17. The molecule has 2 heterocycles. The van der Waals surface area contributed by atoms with Gasteiger partial charge in [0.15, 0.2) is 0 Å². The summed E-state index contributed by atoms with van der Waals surface area (Å²) in [6.07, 6.45) is 1.53. The number of amides is 1. The molecule has 0 aliphatic carbocycles. The number of nitrogens with one attached hydrogen (secondary N) is 1. The van der Waals surface area contributed by atoms with Gasteiger partial charge in [0.05, 0.1) is 27.2 Å². The fourth-order valence-corrected chi connectivity index (χ4v) is 3.23. The summed E-state index contributed by atoms with van der Waals surface area (Å²) in [6.45, 7) is 0. The lowest BCUT2D eigenvalue weighted by atomic mass is 10.0. The van der Waals surface area contributed by atoms with Crippen molar-refractivity contribution in [2.75, 3.05) is 0 Å². The van der Waals surface area contributed by atoms with E-state index in [-0.39, 0.29) is 5.91 Å². The number of thiophene rings is 1. The molecule has 7 heteroatoms. The van der Waals surface area contributed by atoms with Crippen LogP contribution in [0.15, 0.2) is 54.0 Å². The third-order valence-corrected chi connectivity index (χ3v) is 4.88. The average Bonchev–Trinajstić information content (AvgIpc) is 3.11. The summed E-state index contributed by atoms with van der Waals surface area (Å²) >= 11 is 13.1. The highest BCUT2D eigenvalue weighted by atomic mass is 35.5. The van der Waals surface area contributed by atoms with Gasteiger partial charge in [0.25, 0.3) is 5.91 Å². The molecule has 1 atom stereocenters. The quantitative estimate of drug-likeness (QED) is 0.696. The SMILES string of the molecule is N#Cc1csc(C(=O)N[C@@H](c2ccc(Cl)cc2)c2ccc(Cl)cn2)c1. The molecule has 0 spiro atoms. The van der Waals surface area contributed by atoms with E-state index in [1.54, 1.807) is 35.7 Å². The van der Waals surface area contributed by atoms with Crippen LogP contribution in [0.3, 0.4) is 0 Å². The Kier molecular flexibility index (Phi) is 5.34. The first-order valence-electron chi connectivity index (χ1n) is 7.23. The molecule has 0 unspecified atom stereocenters. The number of benzene rings is 1. The summed E-state index contributed by atoms with van der Waals surface area (Å²) in [6, 6.07) is 13.8. The second kappa shape index (κ2) is 7.66. The molecule has 1 aromatic carbocycles. The van der Waals surface area contributed by atoms with E-state index in [4.69, 9.17) is 28.5 Å². The van der Waals surface area contributed by atoms with E-state index >= 15 is 0 Å². The van der Waals surface area contributed by atoms with Crippen molar-refractivity contribution in [3.05, 3.63) is 85.8 Å². The number of carbonyl (C=O) groups is 1. The van der Waals surface area contributed by atoms with Crippen LogP contribution in [0.4, 0.5) is 0 Å². The number of nitriles is 1. The molecule has 0 aliphatic rings. The molecule has 1 amide bonds. The Morgan fingerprint density at radius 3 is 2.48 bits per heavy atom. The maximum Gasteiger partial charge on any atom is 0.262 e. The van der Waals surface area contributed by atoms with Crippen molar-refractivity contribution < 1.29 is 4.79 Å². The number of hydrogen-bond acceptors (Lipinski definition) is 4. The molecule has 0 saturated carbocycles. The fraction of sp³-hybridized carbons (Fsp3) is 0.0556. The smallest absolute Gasteiger partial charge is 0.262 e. The molecule has 3 rings (SSSR count). The highest BCUT2D eigenvalue weighted by molar-refractivity contribution is 7.12. The Morgan fingerprint density at radius 1 is 1.16 bits per heavy atom. The number of pyridine rings is 1. The number of halogens is 2. The molecule has 0 saturated heterocycles. The summed E-state index contributed by atoms with van der Waals surface area (Å²) in [7, 11) is 0. The third kappa shape index (κ3) is 4.18. The Balaban J connectivity index is 1.93. The molecular weight excluding hydrogens is 377 g/mol. The van der Waals surface area contributed by atoms with Crippen LogP contribution in [-0.4, -0.2) is 10.9 Å². The molecule has 0 bridgehead atoms. The van der Waals surface area contributed by atoms with Gasteiger partial charge in [-0.1, -0.05) is 35.3 Å². The van der Waals surface area contributed by atoms with Crippen molar-refractivity contribution in [1.82, 2.24) is 10.3 Å². The first-order chi connectivity index (χ1) is 12.1. The van der Waals surface area contributed by atoms with E-state index in [1.165, 1.54) is 17.5 Å². The van der Waals surface area contributed by atoms with E-state index in [2.05, 4.69) is 10.3 Å². The van der Waals surface area contributed by atoms with Gasteiger partial charge >= 0.3 is 0 Å². The van der Waals surface area contributed by atoms with Crippen molar-refractivity contribution in [3.8, 4) is 6.07 Å². The van der Waals surface area contributed by atoms with Crippen LogP contribution in [0, 0.1) is 11.3 Å². The van der Waals surface area contributed by atoms with Gasteiger partial charge in [0, 0.05) is 16.6 Å². The molecule has 1 N–H and O–H groups in total. The van der Waals surface area contributed by atoms with Crippen molar-refractivity contribution in [1.29, 1.82) is 5.26 Å². The summed E-state index contributed by atoms with van der Waals surface area (Å²) in [5, 5.41) is 14.6. The minimum atomic E-state index is -0.463. The molecular formula is C18H11Cl2N3OS. The summed E-state index contributed by atoms with van der Waals surface area (Å²) < 4.78 is 0. The van der Waals surface area contributed by atoms with Crippen LogP contribution >= 0.6 is 34.5 Å². The number of carbonyl (C=O) groups excluding carboxylic acids is 1. The molecule has 4 nitrogen and oxygen atoms in total. The van der Waals surface area contributed by atoms with Crippen molar-refractivity contribution in [3.63, 3.8) is 0 Å². The summed E-state index contributed by atoms with van der Waals surface area (Å²) in [4.78, 5) is 17.4. The van der Waals surface area contributed by atoms with Gasteiger partial charge in [-0.15, -0.1) is 11.3 Å². The lowest BCUT2D eigenvalue weighted by Crippen LogP contribution is -2.29. The van der Waals surface area contributed by atoms with Gasteiger partial charge in [-0.2, -0.15) is 5.26 Å². The van der Waals surface area contributed by atoms with E-state index in [0.29, 0.717) is 26.2 Å². The fourth-order valence-electron chi connectivity index (χ4n) is 2.26. The van der Waals surface area contributed by atoms with Crippen molar-refractivity contribution >= 4 is 40.4 Å². The minimum absolute atomic E-state index is 0.275. The normalized spacial score (nSPS) is 11.6. The maximum atomic E-state index is 12.6. The van der Waals surface area contributed by atoms with Gasteiger partial charge < -0.3 is 5.32 Å². The van der Waals surface area contributed by atoms with E-state index in [9.17, 15) is 4.79 Å². The van der Waals surface area contributed by atoms with Crippen LogP contribution in [0.1, 0.15) is 32.5 Å². The van der Waals surface area contributed by atoms with Gasteiger partial charge in [0.2, 0.25) is 0 Å². The highest BCUT2D eigenvalue weighted by Crippen LogP contribution is 2.24. The zero-order valence-corrected chi connectivity index (χ0v) is 15.1. The van der Waals surface area contributed by atoms with Crippen LogP contribution in [0.2, 0.25) is 10.0 Å².